The van der Waals surface area contributed by atoms with Crippen LogP contribution in [-0.2, 0) is 6.61 Å². The molecule has 1 amide bonds. The number of rotatable bonds is 5. The molecule has 0 unspecified atom stereocenters. The van der Waals surface area contributed by atoms with E-state index in [0.717, 1.165) is 5.56 Å². The third-order valence-electron chi connectivity index (χ3n) is 3.54. The van der Waals surface area contributed by atoms with Gasteiger partial charge in [0.15, 0.2) is 0 Å². The first kappa shape index (κ1) is 16.9. The van der Waals surface area contributed by atoms with Gasteiger partial charge in [-0.05, 0) is 48.0 Å². The van der Waals surface area contributed by atoms with Gasteiger partial charge in [-0.1, -0.05) is 41.9 Å². The Morgan fingerprint density at radius 1 is 1.00 bits per heavy atom. The molecule has 5 heteroatoms. The summed E-state index contributed by atoms with van der Waals surface area (Å²) in [5.41, 5.74) is 1.74. The summed E-state index contributed by atoms with van der Waals surface area (Å²) in [4.78, 5) is 12.3. The van der Waals surface area contributed by atoms with Gasteiger partial charge in [0.05, 0.1) is 5.69 Å². The minimum Gasteiger partial charge on any atom is -0.506 e. The molecule has 0 radical (unpaired) electrons. The lowest BCUT2D eigenvalue weighted by atomic mass is 10.2. The number of hydrogen-bond donors (Lipinski definition) is 2. The van der Waals surface area contributed by atoms with Crippen LogP contribution in [0.15, 0.2) is 72.8 Å². The van der Waals surface area contributed by atoms with E-state index in [1.807, 2.05) is 18.2 Å². The second-order valence-electron chi connectivity index (χ2n) is 5.42. The minimum atomic E-state index is -0.324. The van der Waals surface area contributed by atoms with Crippen molar-refractivity contribution in [1.29, 1.82) is 0 Å². The van der Waals surface area contributed by atoms with Gasteiger partial charge in [0.25, 0.3) is 5.91 Å². The lowest BCUT2D eigenvalue weighted by molar-refractivity contribution is 0.102. The first-order valence-corrected chi connectivity index (χ1v) is 8.06. The maximum absolute atomic E-state index is 12.3. The number of phenols is 1. The van der Waals surface area contributed by atoms with Crippen LogP contribution in [0.5, 0.6) is 11.5 Å². The third kappa shape index (κ3) is 4.52. The molecule has 3 aromatic rings. The Morgan fingerprint density at radius 3 is 2.60 bits per heavy atom. The predicted octanol–water partition coefficient (Wildman–Crippen LogP) is 4.88. The lowest BCUT2D eigenvalue weighted by Gasteiger charge is -2.10. The Kier molecular flexibility index (Phi) is 5.21. The third-order valence-corrected chi connectivity index (χ3v) is 3.78. The Labute approximate surface area is 150 Å². The van der Waals surface area contributed by atoms with E-state index in [4.69, 9.17) is 16.3 Å². The molecule has 3 aromatic carbocycles. The summed E-state index contributed by atoms with van der Waals surface area (Å²) in [7, 11) is 0. The Hall–Kier alpha value is -2.98. The molecule has 4 nitrogen and oxygen atoms in total. The molecule has 2 N–H and O–H groups in total. The van der Waals surface area contributed by atoms with Crippen molar-refractivity contribution in [2.45, 2.75) is 6.61 Å². The van der Waals surface area contributed by atoms with Crippen molar-refractivity contribution in [3.05, 3.63) is 88.9 Å². The number of carbonyl (C=O) groups excluding carboxylic acids is 1. The van der Waals surface area contributed by atoms with Gasteiger partial charge in [-0.2, -0.15) is 0 Å². The van der Waals surface area contributed by atoms with Crippen molar-refractivity contribution in [3.63, 3.8) is 0 Å². The van der Waals surface area contributed by atoms with Crippen molar-refractivity contribution in [2.75, 3.05) is 5.32 Å². The summed E-state index contributed by atoms with van der Waals surface area (Å²) < 4.78 is 5.72. The molecular formula is C20H16ClNO3. The SMILES string of the molecule is O=C(Nc1ccccc1O)c1cccc(OCc2cccc(Cl)c2)c1. The summed E-state index contributed by atoms with van der Waals surface area (Å²) >= 11 is 5.95. The van der Waals surface area contributed by atoms with Gasteiger partial charge < -0.3 is 15.2 Å². The van der Waals surface area contributed by atoms with Crippen LogP contribution in [0.25, 0.3) is 0 Å². The molecular weight excluding hydrogens is 338 g/mol. The molecule has 0 aliphatic carbocycles. The van der Waals surface area contributed by atoms with E-state index in [1.165, 1.54) is 6.07 Å². The Morgan fingerprint density at radius 2 is 1.80 bits per heavy atom. The van der Waals surface area contributed by atoms with Crippen molar-refractivity contribution >= 4 is 23.2 Å². The molecule has 126 valence electrons. The number of amides is 1. The molecule has 0 saturated heterocycles. The zero-order valence-electron chi connectivity index (χ0n) is 13.3. The first-order chi connectivity index (χ1) is 12.1. The smallest absolute Gasteiger partial charge is 0.255 e. The Bertz CT molecular complexity index is 895. The fraction of sp³-hybridized carbons (Fsp3) is 0.0500. The molecule has 0 spiro atoms. The largest absolute Gasteiger partial charge is 0.506 e. The lowest BCUT2D eigenvalue weighted by Crippen LogP contribution is -2.12. The van der Waals surface area contributed by atoms with E-state index in [9.17, 15) is 9.90 Å². The molecule has 0 saturated carbocycles. The summed E-state index contributed by atoms with van der Waals surface area (Å²) in [6.07, 6.45) is 0. The van der Waals surface area contributed by atoms with Crippen LogP contribution < -0.4 is 10.1 Å². The maximum Gasteiger partial charge on any atom is 0.255 e. The number of benzene rings is 3. The van der Waals surface area contributed by atoms with Crippen LogP contribution >= 0.6 is 11.6 Å². The average molecular weight is 354 g/mol. The van der Waals surface area contributed by atoms with Gasteiger partial charge in [-0.15, -0.1) is 0 Å². The van der Waals surface area contributed by atoms with Crippen LogP contribution in [-0.4, -0.2) is 11.0 Å². The number of para-hydroxylation sites is 2. The molecule has 0 aliphatic rings. The summed E-state index contributed by atoms with van der Waals surface area (Å²) in [5.74, 6) is 0.267. The standard InChI is InChI=1S/C20H16ClNO3/c21-16-7-3-5-14(11-16)13-25-17-8-4-6-15(12-17)20(24)22-18-9-1-2-10-19(18)23/h1-12,23H,13H2,(H,22,24). The number of ether oxygens (including phenoxy) is 1. The van der Waals surface area contributed by atoms with Gasteiger partial charge >= 0.3 is 0 Å². The Balaban J connectivity index is 1.68. The highest BCUT2D eigenvalue weighted by Gasteiger charge is 2.09. The van der Waals surface area contributed by atoms with Crippen LogP contribution in [0.1, 0.15) is 15.9 Å². The van der Waals surface area contributed by atoms with Crippen molar-refractivity contribution in [3.8, 4) is 11.5 Å². The molecule has 0 aliphatic heterocycles. The molecule has 3 rings (SSSR count). The van der Waals surface area contributed by atoms with Crippen LogP contribution in [0.4, 0.5) is 5.69 Å². The monoisotopic (exact) mass is 353 g/mol. The molecule has 0 bridgehead atoms. The number of halogens is 1. The topological polar surface area (TPSA) is 58.6 Å². The summed E-state index contributed by atoms with van der Waals surface area (Å²) in [5, 5.41) is 13.1. The molecule has 0 fully saturated rings. The van der Waals surface area contributed by atoms with E-state index in [1.54, 1.807) is 48.5 Å². The summed E-state index contributed by atoms with van der Waals surface area (Å²) in [6, 6.07) is 20.8. The highest BCUT2D eigenvalue weighted by molar-refractivity contribution is 6.30. The second-order valence-corrected chi connectivity index (χ2v) is 5.85. The van der Waals surface area contributed by atoms with Crippen molar-refractivity contribution in [2.24, 2.45) is 0 Å². The minimum absolute atomic E-state index is 0.0178. The number of hydrogen-bond acceptors (Lipinski definition) is 3. The van der Waals surface area contributed by atoms with E-state index >= 15 is 0 Å². The number of nitrogens with one attached hydrogen (secondary N) is 1. The van der Waals surface area contributed by atoms with E-state index in [2.05, 4.69) is 5.32 Å². The van der Waals surface area contributed by atoms with Gasteiger partial charge in [0, 0.05) is 10.6 Å². The van der Waals surface area contributed by atoms with Gasteiger partial charge in [-0.3, -0.25) is 4.79 Å². The van der Waals surface area contributed by atoms with Crippen molar-refractivity contribution < 1.29 is 14.6 Å². The van der Waals surface area contributed by atoms with Gasteiger partial charge in [0.2, 0.25) is 0 Å². The molecule has 0 atom stereocenters. The zero-order chi connectivity index (χ0) is 17.6. The van der Waals surface area contributed by atoms with Crippen LogP contribution in [0, 0.1) is 0 Å². The summed E-state index contributed by atoms with van der Waals surface area (Å²) in [6.45, 7) is 0.352. The highest BCUT2D eigenvalue weighted by Crippen LogP contribution is 2.23. The predicted molar refractivity (Wildman–Crippen MR) is 98.3 cm³/mol. The number of anilines is 1. The van der Waals surface area contributed by atoms with Gasteiger partial charge in [0.1, 0.15) is 18.1 Å². The number of phenolic OH excluding ortho intramolecular Hbond substituents is 1. The van der Waals surface area contributed by atoms with E-state index in [-0.39, 0.29) is 11.7 Å². The quantitative estimate of drug-likeness (QED) is 0.643. The molecule has 0 heterocycles. The number of carbonyl (C=O) groups is 1. The second kappa shape index (κ2) is 7.73. The van der Waals surface area contributed by atoms with Crippen LogP contribution in [0.3, 0.4) is 0 Å². The van der Waals surface area contributed by atoms with Crippen molar-refractivity contribution in [1.82, 2.24) is 0 Å². The fourth-order valence-corrected chi connectivity index (χ4v) is 2.51. The normalized spacial score (nSPS) is 10.3. The fourth-order valence-electron chi connectivity index (χ4n) is 2.29. The van der Waals surface area contributed by atoms with E-state index < -0.39 is 0 Å². The zero-order valence-corrected chi connectivity index (χ0v) is 14.0. The molecule has 0 aromatic heterocycles. The maximum atomic E-state index is 12.3. The first-order valence-electron chi connectivity index (χ1n) is 7.68. The highest BCUT2D eigenvalue weighted by atomic mass is 35.5. The average Bonchev–Trinajstić information content (AvgIpc) is 2.62. The van der Waals surface area contributed by atoms with E-state index in [0.29, 0.717) is 28.6 Å². The van der Waals surface area contributed by atoms with Crippen LogP contribution in [0.2, 0.25) is 5.02 Å². The number of aromatic hydroxyl groups is 1. The van der Waals surface area contributed by atoms with Gasteiger partial charge in [-0.25, -0.2) is 0 Å². The molecule has 25 heavy (non-hydrogen) atoms.